The van der Waals surface area contributed by atoms with Gasteiger partial charge in [-0.2, -0.15) is 0 Å². The van der Waals surface area contributed by atoms with Gasteiger partial charge in [-0.3, -0.25) is 19.3 Å². The number of hydrogen-bond acceptors (Lipinski definition) is 4. The molecule has 3 atom stereocenters. The largest absolute Gasteiger partial charge is 0.427 e. The average molecular weight is 299 g/mol. The molecule has 1 aliphatic carbocycles. The Hall–Kier alpha value is -2.43. The minimum atomic E-state index is -0.410. The van der Waals surface area contributed by atoms with Gasteiger partial charge in [0.2, 0.25) is 11.8 Å². The van der Waals surface area contributed by atoms with Gasteiger partial charge in [0, 0.05) is 6.92 Å². The maximum atomic E-state index is 12.6. The van der Waals surface area contributed by atoms with E-state index in [-0.39, 0.29) is 29.6 Å². The number of carbonyl (C=O) groups is 3. The van der Waals surface area contributed by atoms with E-state index in [1.165, 1.54) is 11.8 Å². The van der Waals surface area contributed by atoms with Gasteiger partial charge in [0.25, 0.3) is 0 Å². The van der Waals surface area contributed by atoms with Crippen LogP contribution in [0.15, 0.2) is 36.4 Å². The second-order valence-electron chi connectivity index (χ2n) is 5.75. The van der Waals surface area contributed by atoms with Crippen molar-refractivity contribution in [2.24, 2.45) is 17.8 Å². The van der Waals surface area contributed by atoms with Gasteiger partial charge in [-0.15, -0.1) is 0 Å². The molecule has 1 heterocycles. The third-order valence-corrected chi connectivity index (χ3v) is 4.23. The summed E-state index contributed by atoms with van der Waals surface area (Å²) in [6.45, 7) is 3.28. The Morgan fingerprint density at radius 2 is 1.86 bits per heavy atom. The van der Waals surface area contributed by atoms with Gasteiger partial charge < -0.3 is 4.74 Å². The minimum absolute atomic E-state index is 0.0699. The molecular weight excluding hydrogens is 282 g/mol. The van der Waals surface area contributed by atoms with Crippen LogP contribution in [0, 0.1) is 17.8 Å². The van der Waals surface area contributed by atoms with Crippen LogP contribution in [0.3, 0.4) is 0 Å². The molecule has 114 valence electrons. The van der Waals surface area contributed by atoms with Gasteiger partial charge in [-0.25, -0.2) is 0 Å². The molecule has 22 heavy (non-hydrogen) atoms. The van der Waals surface area contributed by atoms with Crippen LogP contribution >= 0.6 is 0 Å². The first-order valence-electron chi connectivity index (χ1n) is 7.32. The van der Waals surface area contributed by atoms with E-state index < -0.39 is 5.97 Å². The smallest absolute Gasteiger partial charge is 0.308 e. The van der Waals surface area contributed by atoms with Gasteiger partial charge in [0.1, 0.15) is 5.75 Å². The highest BCUT2D eigenvalue weighted by Crippen LogP contribution is 2.40. The SMILES string of the molecule is CC(=O)Oc1ccc(N2C(=O)[C@@H]3[C@H](CC=C[C@@H]3C)C2=O)cc1. The summed E-state index contributed by atoms with van der Waals surface area (Å²) in [5, 5.41) is 0. The van der Waals surface area contributed by atoms with E-state index in [4.69, 9.17) is 4.74 Å². The number of amides is 2. The van der Waals surface area contributed by atoms with Crippen LogP contribution in [0.2, 0.25) is 0 Å². The fraction of sp³-hybridized carbons (Fsp3) is 0.353. The molecule has 0 N–H and O–H groups in total. The summed E-state index contributed by atoms with van der Waals surface area (Å²) in [5.41, 5.74) is 0.521. The highest BCUT2D eigenvalue weighted by atomic mass is 16.5. The van der Waals surface area contributed by atoms with Crippen molar-refractivity contribution in [1.82, 2.24) is 0 Å². The number of hydrogen-bond donors (Lipinski definition) is 0. The Balaban J connectivity index is 1.87. The van der Waals surface area contributed by atoms with Gasteiger partial charge in [0.15, 0.2) is 0 Å². The Morgan fingerprint density at radius 3 is 2.45 bits per heavy atom. The van der Waals surface area contributed by atoms with E-state index in [0.29, 0.717) is 17.9 Å². The maximum Gasteiger partial charge on any atom is 0.308 e. The second kappa shape index (κ2) is 5.40. The van der Waals surface area contributed by atoms with E-state index in [1.54, 1.807) is 24.3 Å². The van der Waals surface area contributed by atoms with Crippen molar-refractivity contribution < 1.29 is 19.1 Å². The lowest BCUT2D eigenvalue weighted by Gasteiger charge is -2.22. The molecule has 2 aliphatic rings. The molecule has 0 unspecified atom stereocenters. The van der Waals surface area contributed by atoms with Crippen LogP contribution in [0.4, 0.5) is 5.69 Å². The lowest BCUT2D eigenvalue weighted by molar-refractivity contribution is -0.132. The fourth-order valence-corrected chi connectivity index (χ4v) is 3.23. The fourth-order valence-electron chi connectivity index (χ4n) is 3.23. The quantitative estimate of drug-likeness (QED) is 0.364. The Labute approximate surface area is 128 Å². The van der Waals surface area contributed by atoms with Gasteiger partial charge in [-0.1, -0.05) is 19.1 Å². The first kappa shape index (κ1) is 14.5. The highest BCUT2D eigenvalue weighted by molar-refractivity contribution is 6.22. The molecule has 5 heteroatoms. The molecule has 2 amide bonds. The summed E-state index contributed by atoms with van der Waals surface area (Å²) < 4.78 is 4.96. The minimum Gasteiger partial charge on any atom is -0.427 e. The van der Waals surface area contributed by atoms with E-state index in [9.17, 15) is 14.4 Å². The van der Waals surface area contributed by atoms with Crippen LogP contribution in [-0.4, -0.2) is 17.8 Å². The zero-order valence-corrected chi connectivity index (χ0v) is 12.5. The molecule has 0 bridgehead atoms. The summed E-state index contributed by atoms with van der Waals surface area (Å²) >= 11 is 0. The summed E-state index contributed by atoms with van der Waals surface area (Å²) in [6, 6.07) is 6.43. The number of nitrogens with zero attached hydrogens (tertiary/aromatic N) is 1. The summed E-state index contributed by atoms with van der Waals surface area (Å²) in [6.07, 6.45) is 4.59. The molecule has 1 saturated heterocycles. The predicted molar refractivity (Wildman–Crippen MR) is 80.1 cm³/mol. The van der Waals surface area contributed by atoms with Crippen LogP contribution in [-0.2, 0) is 14.4 Å². The number of carbonyl (C=O) groups excluding carboxylic acids is 3. The summed E-state index contributed by atoms with van der Waals surface area (Å²) in [7, 11) is 0. The molecule has 0 aromatic heterocycles. The third kappa shape index (κ3) is 2.32. The molecule has 1 aromatic rings. The molecule has 0 saturated carbocycles. The monoisotopic (exact) mass is 299 g/mol. The second-order valence-corrected chi connectivity index (χ2v) is 5.75. The number of anilines is 1. The average Bonchev–Trinajstić information content (AvgIpc) is 2.73. The Morgan fingerprint density at radius 1 is 1.18 bits per heavy atom. The number of allylic oxidation sites excluding steroid dienone is 2. The number of ether oxygens (including phenoxy) is 1. The lowest BCUT2D eigenvalue weighted by Crippen LogP contribution is -2.31. The molecule has 1 aliphatic heterocycles. The lowest BCUT2D eigenvalue weighted by atomic mass is 9.78. The normalized spacial score (nSPS) is 27.0. The number of fused-ring (bicyclic) bond motifs is 1. The topological polar surface area (TPSA) is 63.7 Å². The van der Waals surface area contributed by atoms with Crippen LogP contribution in [0.25, 0.3) is 0 Å². The van der Waals surface area contributed by atoms with Crippen molar-refractivity contribution >= 4 is 23.5 Å². The summed E-state index contributed by atoms with van der Waals surface area (Å²) in [5.74, 6) is -0.778. The first-order valence-corrected chi connectivity index (χ1v) is 7.32. The van der Waals surface area contributed by atoms with Crippen LogP contribution in [0.5, 0.6) is 5.75 Å². The van der Waals surface area contributed by atoms with Crippen molar-refractivity contribution in [3.8, 4) is 5.75 Å². The van der Waals surface area contributed by atoms with Crippen LogP contribution < -0.4 is 9.64 Å². The molecule has 1 aromatic carbocycles. The first-order chi connectivity index (χ1) is 10.5. The van der Waals surface area contributed by atoms with Gasteiger partial charge in [-0.05, 0) is 36.6 Å². The highest BCUT2D eigenvalue weighted by Gasteiger charge is 2.50. The van der Waals surface area contributed by atoms with E-state index in [1.807, 2.05) is 19.1 Å². The van der Waals surface area contributed by atoms with Crippen molar-refractivity contribution in [3.05, 3.63) is 36.4 Å². The van der Waals surface area contributed by atoms with Gasteiger partial charge in [0.05, 0.1) is 17.5 Å². The number of benzene rings is 1. The zero-order valence-electron chi connectivity index (χ0n) is 12.5. The molecule has 3 rings (SSSR count). The number of esters is 1. The van der Waals surface area contributed by atoms with Crippen molar-refractivity contribution in [1.29, 1.82) is 0 Å². The maximum absolute atomic E-state index is 12.6. The van der Waals surface area contributed by atoms with E-state index in [0.717, 1.165) is 0 Å². The molecule has 0 spiro atoms. The van der Waals surface area contributed by atoms with Crippen molar-refractivity contribution in [3.63, 3.8) is 0 Å². The summed E-state index contributed by atoms with van der Waals surface area (Å²) in [4.78, 5) is 37.3. The Kier molecular flexibility index (Phi) is 3.56. The van der Waals surface area contributed by atoms with E-state index >= 15 is 0 Å². The molecule has 0 radical (unpaired) electrons. The zero-order chi connectivity index (χ0) is 15.9. The van der Waals surface area contributed by atoms with Crippen LogP contribution in [0.1, 0.15) is 20.3 Å². The van der Waals surface area contributed by atoms with E-state index in [2.05, 4.69) is 0 Å². The van der Waals surface area contributed by atoms with Crippen molar-refractivity contribution in [2.75, 3.05) is 4.90 Å². The van der Waals surface area contributed by atoms with Gasteiger partial charge >= 0.3 is 5.97 Å². The predicted octanol–water partition coefficient (Wildman–Crippen LogP) is 2.31. The number of imide groups is 1. The molecular formula is C17H17NO4. The molecule has 5 nitrogen and oxygen atoms in total. The third-order valence-electron chi connectivity index (χ3n) is 4.23. The Bertz CT molecular complexity index is 662. The number of rotatable bonds is 2. The molecule has 1 fully saturated rings. The van der Waals surface area contributed by atoms with Crippen molar-refractivity contribution in [2.45, 2.75) is 20.3 Å². The standard InChI is InChI=1S/C17H17NO4/c1-10-4-3-5-14-15(10)17(21)18(16(14)20)12-6-8-13(9-7-12)22-11(2)19/h3-4,6-10,14-15H,5H2,1-2H3/t10-,14-,15-/m0/s1.